The summed E-state index contributed by atoms with van der Waals surface area (Å²) >= 11 is 0. The molecular weight excluding hydrogens is 735 g/mol. The SMILES string of the molecule is c1ccc(-c2ccc(N(c3ccc(-c4ccccc4)cc3)c3ccc4c(c3)[Si]3(c5ccccc5Oc5ccccc53)c3ccccc3[Si]4c3ccccc3)cc2)cc1. The molecule has 11 rings (SSSR count). The van der Waals surface area contributed by atoms with Gasteiger partial charge in [-0.1, -0.05) is 198 Å². The van der Waals surface area contributed by atoms with Crippen LogP contribution in [0.15, 0.2) is 231 Å². The Kier molecular flexibility index (Phi) is 8.39. The van der Waals surface area contributed by atoms with Crippen LogP contribution in [0.5, 0.6) is 11.5 Å². The summed E-state index contributed by atoms with van der Waals surface area (Å²) in [6.45, 7) is 0. The number of hydrogen-bond donors (Lipinski definition) is 0. The van der Waals surface area contributed by atoms with Crippen LogP contribution in [0.1, 0.15) is 0 Å². The lowest BCUT2D eigenvalue weighted by atomic mass is 10.0. The molecule has 2 aliphatic heterocycles. The molecule has 1 spiro atoms. The van der Waals surface area contributed by atoms with Crippen LogP contribution in [0.25, 0.3) is 22.3 Å². The van der Waals surface area contributed by atoms with Crippen molar-refractivity contribution in [3.8, 4) is 33.8 Å². The first-order chi connectivity index (χ1) is 28.8. The molecule has 0 bridgehead atoms. The van der Waals surface area contributed by atoms with Crippen molar-refractivity contribution in [3.05, 3.63) is 231 Å². The molecule has 9 aromatic carbocycles. The molecule has 58 heavy (non-hydrogen) atoms. The van der Waals surface area contributed by atoms with E-state index in [1.807, 2.05) is 0 Å². The smallest absolute Gasteiger partial charge is 0.188 e. The van der Waals surface area contributed by atoms with Crippen LogP contribution in [0, 0.1) is 0 Å². The predicted octanol–water partition coefficient (Wildman–Crippen LogP) is 8.80. The summed E-state index contributed by atoms with van der Waals surface area (Å²) < 4.78 is 6.79. The standard InChI is InChI=1S/C54H38NOSi2/c1-4-16-39(17-5-1)41-28-32-43(33-29-41)55(44-34-30-42(31-35-44)40-18-6-2-7-19-40)45-36-37-50-54(38-45)58(51-25-13-10-22-47(51)56-48-23-11-14-26-52(48)58)53-27-15-12-24-49(53)57(50)46-20-8-3-9-21-46/h1-38H. The van der Waals surface area contributed by atoms with E-state index in [0.717, 1.165) is 28.6 Å². The van der Waals surface area contributed by atoms with Gasteiger partial charge in [-0.25, -0.2) is 0 Å². The van der Waals surface area contributed by atoms with Crippen LogP contribution >= 0.6 is 0 Å². The van der Waals surface area contributed by atoms with E-state index in [9.17, 15) is 0 Å². The van der Waals surface area contributed by atoms with Crippen LogP contribution < -0.4 is 45.9 Å². The molecule has 2 heterocycles. The van der Waals surface area contributed by atoms with Gasteiger partial charge in [-0.2, -0.15) is 0 Å². The van der Waals surface area contributed by atoms with E-state index in [-0.39, 0.29) is 0 Å². The Hall–Kier alpha value is -6.99. The van der Waals surface area contributed by atoms with Gasteiger partial charge in [-0.05, 0) is 91.5 Å². The Morgan fingerprint density at radius 3 is 1.29 bits per heavy atom. The average molecular weight is 773 g/mol. The van der Waals surface area contributed by atoms with Crippen molar-refractivity contribution in [1.82, 2.24) is 0 Å². The second-order valence-corrected chi connectivity index (χ2v) is 21.1. The lowest BCUT2D eigenvalue weighted by Crippen LogP contribution is -2.87. The monoisotopic (exact) mass is 772 g/mol. The van der Waals surface area contributed by atoms with Crippen molar-refractivity contribution in [2.75, 3.05) is 4.90 Å². The maximum absolute atomic E-state index is 6.79. The molecule has 0 amide bonds. The van der Waals surface area contributed by atoms with Gasteiger partial charge in [0.1, 0.15) is 11.5 Å². The lowest BCUT2D eigenvalue weighted by molar-refractivity contribution is 0.487. The number of nitrogens with zero attached hydrogens (tertiary/aromatic N) is 1. The van der Waals surface area contributed by atoms with E-state index in [2.05, 4.69) is 235 Å². The van der Waals surface area contributed by atoms with Gasteiger partial charge < -0.3 is 9.64 Å². The number of fused-ring (bicyclic) bond motifs is 8. The highest BCUT2D eigenvalue weighted by molar-refractivity contribution is 7.27. The molecule has 0 saturated heterocycles. The van der Waals surface area contributed by atoms with Crippen LogP contribution in [-0.4, -0.2) is 16.9 Å². The Balaban J connectivity index is 1.18. The fraction of sp³-hybridized carbons (Fsp3) is 0. The third-order valence-corrected chi connectivity index (χ3v) is 20.1. The lowest BCUT2D eigenvalue weighted by Gasteiger charge is -2.46. The zero-order valence-corrected chi connectivity index (χ0v) is 33.8. The minimum absolute atomic E-state index is 0.958. The molecule has 2 aliphatic rings. The zero-order valence-electron chi connectivity index (χ0n) is 31.8. The normalized spacial score (nSPS) is 13.4. The van der Waals surface area contributed by atoms with Gasteiger partial charge in [0.25, 0.3) is 0 Å². The molecule has 0 unspecified atom stereocenters. The van der Waals surface area contributed by atoms with E-state index in [1.54, 1.807) is 0 Å². The van der Waals surface area contributed by atoms with Crippen molar-refractivity contribution in [1.29, 1.82) is 0 Å². The summed E-state index contributed by atoms with van der Waals surface area (Å²) in [6, 6.07) is 84.9. The van der Waals surface area contributed by atoms with E-state index < -0.39 is 16.9 Å². The predicted molar refractivity (Wildman–Crippen MR) is 247 cm³/mol. The highest BCUT2D eigenvalue weighted by atomic mass is 28.3. The van der Waals surface area contributed by atoms with E-state index in [1.165, 1.54) is 58.6 Å². The van der Waals surface area contributed by atoms with E-state index in [0.29, 0.717) is 0 Å². The molecule has 273 valence electrons. The van der Waals surface area contributed by atoms with Crippen molar-refractivity contribution in [2.24, 2.45) is 0 Å². The van der Waals surface area contributed by atoms with Gasteiger partial charge in [0.05, 0.1) is 0 Å². The Morgan fingerprint density at radius 1 is 0.328 bits per heavy atom. The summed E-state index contributed by atoms with van der Waals surface area (Å²) in [4.78, 5) is 2.44. The fourth-order valence-corrected chi connectivity index (χ4v) is 19.0. The highest BCUT2D eigenvalue weighted by Crippen LogP contribution is 2.38. The van der Waals surface area contributed by atoms with Crippen LogP contribution in [0.3, 0.4) is 0 Å². The number of anilines is 3. The molecule has 0 N–H and O–H groups in total. The first-order valence-electron chi connectivity index (χ1n) is 19.9. The quantitative estimate of drug-likeness (QED) is 0.157. The van der Waals surface area contributed by atoms with Gasteiger partial charge in [-0.3, -0.25) is 0 Å². The molecule has 2 nitrogen and oxygen atoms in total. The van der Waals surface area contributed by atoms with Crippen molar-refractivity contribution >= 4 is 70.2 Å². The van der Waals surface area contributed by atoms with Gasteiger partial charge in [0.2, 0.25) is 0 Å². The number of ether oxygens (including phenoxy) is 1. The Bertz CT molecular complexity index is 2790. The molecule has 0 aliphatic carbocycles. The number of benzene rings is 9. The summed E-state index contributed by atoms with van der Waals surface area (Å²) in [5.74, 6) is 1.92. The summed E-state index contributed by atoms with van der Waals surface area (Å²) in [6.07, 6.45) is 0. The molecule has 0 atom stereocenters. The summed E-state index contributed by atoms with van der Waals surface area (Å²) in [7, 11) is -4.32. The molecule has 0 fully saturated rings. The number of rotatable bonds is 6. The molecule has 1 radical (unpaired) electrons. The van der Waals surface area contributed by atoms with Crippen LogP contribution in [-0.2, 0) is 0 Å². The number of para-hydroxylation sites is 2. The van der Waals surface area contributed by atoms with E-state index in [4.69, 9.17) is 4.74 Å². The average Bonchev–Trinajstić information content (AvgIpc) is 3.30. The van der Waals surface area contributed by atoms with Crippen LogP contribution in [0.4, 0.5) is 17.1 Å². The first kappa shape index (κ1) is 34.3. The van der Waals surface area contributed by atoms with Crippen molar-refractivity contribution in [2.45, 2.75) is 0 Å². The summed E-state index contributed by atoms with van der Waals surface area (Å²) in [5.41, 5.74) is 8.17. The molecule has 0 saturated carbocycles. The summed E-state index contributed by atoms with van der Waals surface area (Å²) in [5, 5.41) is 9.84. The second-order valence-electron chi connectivity index (χ2n) is 15.0. The maximum Gasteiger partial charge on any atom is 0.188 e. The van der Waals surface area contributed by atoms with Crippen molar-refractivity contribution < 1.29 is 4.74 Å². The van der Waals surface area contributed by atoms with Crippen molar-refractivity contribution in [3.63, 3.8) is 0 Å². The molecule has 9 aromatic rings. The molecule has 4 heteroatoms. The van der Waals surface area contributed by atoms with Crippen LogP contribution in [0.2, 0.25) is 0 Å². The third kappa shape index (κ3) is 5.52. The second kappa shape index (κ2) is 14.2. The fourth-order valence-electron chi connectivity index (χ4n) is 9.32. The highest BCUT2D eigenvalue weighted by Gasteiger charge is 2.54. The zero-order chi connectivity index (χ0) is 38.5. The van der Waals surface area contributed by atoms with Gasteiger partial charge in [0, 0.05) is 17.1 Å². The maximum atomic E-state index is 6.79. The minimum Gasteiger partial charge on any atom is -0.458 e. The van der Waals surface area contributed by atoms with E-state index >= 15 is 0 Å². The number of hydrogen-bond acceptors (Lipinski definition) is 2. The Labute approximate surface area is 342 Å². The van der Waals surface area contributed by atoms with Gasteiger partial charge in [0.15, 0.2) is 16.9 Å². The molecular formula is C54H38NOSi2. The topological polar surface area (TPSA) is 12.5 Å². The van der Waals surface area contributed by atoms with Gasteiger partial charge in [-0.15, -0.1) is 0 Å². The van der Waals surface area contributed by atoms with Gasteiger partial charge >= 0.3 is 0 Å². The molecule has 0 aromatic heterocycles. The third-order valence-electron chi connectivity index (χ3n) is 11.9. The first-order valence-corrected chi connectivity index (χ1v) is 23.4. The minimum atomic E-state index is -2.94. The largest absolute Gasteiger partial charge is 0.458 e. The Morgan fingerprint density at radius 2 is 0.741 bits per heavy atom.